The Bertz CT molecular complexity index is 1040. The fourth-order valence-corrected chi connectivity index (χ4v) is 5.81. The zero-order valence-corrected chi connectivity index (χ0v) is 20.0. The molecule has 1 fully saturated rings. The van der Waals surface area contributed by atoms with Crippen molar-refractivity contribution in [3.63, 3.8) is 0 Å². The molecule has 0 spiro atoms. The van der Waals surface area contributed by atoms with Gasteiger partial charge in [-0.15, -0.1) is 11.8 Å². The average molecular weight is 456 g/mol. The number of carbonyl (C=O) groups excluding carboxylic acids is 1. The minimum Gasteiger partial charge on any atom is -0.497 e. The third kappa shape index (κ3) is 5.33. The van der Waals surface area contributed by atoms with Gasteiger partial charge in [-0.3, -0.25) is 4.79 Å². The number of aryl methyl sites for hydroxylation is 2. The van der Waals surface area contributed by atoms with Gasteiger partial charge >= 0.3 is 0 Å². The first-order chi connectivity index (χ1) is 15.0. The van der Waals surface area contributed by atoms with Gasteiger partial charge in [0.1, 0.15) is 5.75 Å². The molecule has 0 N–H and O–H groups in total. The summed E-state index contributed by atoms with van der Waals surface area (Å²) in [6.07, 6.45) is 1.51. The van der Waals surface area contributed by atoms with Crippen LogP contribution in [0.25, 0.3) is 10.2 Å². The zero-order chi connectivity index (χ0) is 21.8. The van der Waals surface area contributed by atoms with Crippen LogP contribution in [0.1, 0.15) is 24.0 Å². The fourth-order valence-electron chi connectivity index (χ4n) is 3.89. The van der Waals surface area contributed by atoms with Crippen molar-refractivity contribution in [1.29, 1.82) is 0 Å². The minimum absolute atomic E-state index is 0.269. The molecule has 0 unspecified atom stereocenters. The summed E-state index contributed by atoms with van der Waals surface area (Å²) >= 11 is 3.56. The predicted octanol–water partition coefficient (Wildman–Crippen LogP) is 5.14. The van der Waals surface area contributed by atoms with Gasteiger partial charge in [0.15, 0.2) is 5.13 Å². The van der Waals surface area contributed by atoms with Crippen LogP contribution in [-0.4, -0.2) is 54.8 Å². The number of thioether (sulfide) groups is 1. The molecule has 4 rings (SSSR count). The van der Waals surface area contributed by atoms with Gasteiger partial charge < -0.3 is 14.5 Å². The van der Waals surface area contributed by atoms with E-state index in [0.29, 0.717) is 6.42 Å². The van der Waals surface area contributed by atoms with Crippen molar-refractivity contribution >= 4 is 44.4 Å². The molecule has 0 atom stereocenters. The molecular weight excluding hydrogens is 426 g/mol. The number of thiazole rings is 1. The summed E-state index contributed by atoms with van der Waals surface area (Å²) < 4.78 is 6.46. The summed E-state index contributed by atoms with van der Waals surface area (Å²) in [5, 5.41) is 1.08. The number of rotatable bonds is 7. The lowest BCUT2D eigenvalue weighted by Crippen LogP contribution is -2.48. The van der Waals surface area contributed by atoms with E-state index in [0.717, 1.165) is 54.8 Å². The van der Waals surface area contributed by atoms with Gasteiger partial charge in [-0.05, 0) is 67.5 Å². The highest BCUT2D eigenvalue weighted by molar-refractivity contribution is 7.99. The number of hydrogen-bond acceptors (Lipinski definition) is 6. The SMILES string of the molecule is COc1ccc(SCCCC(=O)N2CCN(c3nc4cc(C)cc(C)c4s3)CC2)cc1. The first kappa shape index (κ1) is 22.0. The van der Waals surface area contributed by atoms with Gasteiger partial charge in [0.2, 0.25) is 5.91 Å². The Labute approximate surface area is 192 Å². The summed E-state index contributed by atoms with van der Waals surface area (Å²) in [5.74, 6) is 2.09. The first-order valence-electron chi connectivity index (χ1n) is 10.7. The van der Waals surface area contributed by atoms with Crippen LogP contribution in [0.3, 0.4) is 0 Å². The van der Waals surface area contributed by atoms with Crippen molar-refractivity contribution in [2.45, 2.75) is 31.6 Å². The number of piperazine rings is 1. The highest BCUT2D eigenvalue weighted by Gasteiger charge is 2.23. The lowest BCUT2D eigenvalue weighted by Gasteiger charge is -2.34. The summed E-state index contributed by atoms with van der Waals surface area (Å²) in [6.45, 7) is 7.53. The first-order valence-corrected chi connectivity index (χ1v) is 12.5. The van der Waals surface area contributed by atoms with Crippen LogP contribution in [0.4, 0.5) is 5.13 Å². The molecule has 164 valence electrons. The molecule has 31 heavy (non-hydrogen) atoms. The maximum absolute atomic E-state index is 12.6. The zero-order valence-electron chi connectivity index (χ0n) is 18.4. The van der Waals surface area contributed by atoms with Gasteiger partial charge in [-0.25, -0.2) is 4.98 Å². The van der Waals surface area contributed by atoms with Crippen LogP contribution in [0.2, 0.25) is 0 Å². The van der Waals surface area contributed by atoms with E-state index in [1.807, 2.05) is 17.0 Å². The topological polar surface area (TPSA) is 45.7 Å². The summed E-state index contributed by atoms with van der Waals surface area (Å²) in [6, 6.07) is 12.5. The number of aromatic nitrogens is 1. The second-order valence-corrected chi connectivity index (χ2v) is 10.1. The number of carbonyl (C=O) groups is 1. The van der Waals surface area contributed by atoms with Crippen LogP contribution in [-0.2, 0) is 4.79 Å². The molecule has 1 saturated heterocycles. The third-order valence-corrected chi connectivity index (χ3v) is 7.94. The van der Waals surface area contributed by atoms with Crippen LogP contribution >= 0.6 is 23.1 Å². The highest BCUT2D eigenvalue weighted by atomic mass is 32.2. The molecule has 0 aliphatic carbocycles. The monoisotopic (exact) mass is 455 g/mol. The normalized spacial score (nSPS) is 14.3. The number of ether oxygens (including phenoxy) is 1. The lowest BCUT2D eigenvalue weighted by molar-refractivity contribution is -0.131. The molecule has 1 aliphatic heterocycles. The molecule has 0 saturated carbocycles. The Hall–Kier alpha value is -2.25. The molecule has 1 aliphatic rings. The Morgan fingerprint density at radius 1 is 1.13 bits per heavy atom. The number of amides is 1. The van der Waals surface area contributed by atoms with Gasteiger partial charge in [0.25, 0.3) is 0 Å². The average Bonchev–Trinajstić information content (AvgIpc) is 3.21. The van der Waals surface area contributed by atoms with Crippen LogP contribution in [0.5, 0.6) is 5.75 Å². The molecule has 1 amide bonds. The van der Waals surface area contributed by atoms with Gasteiger partial charge in [-0.2, -0.15) is 0 Å². The molecule has 5 nitrogen and oxygen atoms in total. The maximum Gasteiger partial charge on any atom is 0.222 e. The molecular formula is C24H29N3O2S2. The fraction of sp³-hybridized carbons (Fsp3) is 0.417. The number of hydrogen-bond donors (Lipinski definition) is 0. The highest BCUT2D eigenvalue weighted by Crippen LogP contribution is 2.32. The van der Waals surface area contributed by atoms with Crippen molar-refractivity contribution in [3.8, 4) is 5.75 Å². The van der Waals surface area contributed by atoms with Crippen molar-refractivity contribution in [2.75, 3.05) is 43.9 Å². The lowest BCUT2D eigenvalue weighted by atomic mass is 10.1. The molecule has 0 bridgehead atoms. The quantitative estimate of drug-likeness (QED) is 0.364. The number of anilines is 1. The number of benzene rings is 2. The molecule has 2 heterocycles. The Kier molecular flexibility index (Phi) is 7.02. The van der Waals surface area contributed by atoms with Crippen molar-refractivity contribution in [1.82, 2.24) is 9.88 Å². The molecule has 3 aromatic rings. The standard InChI is InChI=1S/C24H29N3O2S2/c1-17-15-18(2)23-21(16-17)25-24(31-23)27-12-10-26(11-13-27)22(28)5-4-14-30-20-8-6-19(29-3)7-9-20/h6-9,15-16H,4-5,10-14H2,1-3H3. The van der Waals surface area contributed by atoms with Gasteiger partial charge in [-0.1, -0.05) is 17.4 Å². The Morgan fingerprint density at radius 3 is 2.58 bits per heavy atom. The van der Waals surface area contributed by atoms with Crippen LogP contribution < -0.4 is 9.64 Å². The smallest absolute Gasteiger partial charge is 0.222 e. The molecule has 7 heteroatoms. The second kappa shape index (κ2) is 9.92. The summed E-state index contributed by atoms with van der Waals surface area (Å²) in [5.41, 5.74) is 3.63. The minimum atomic E-state index is 0.269. The number of fused-ring (bicyclic) bond motifs is 1. The summed E-state index contributed by atoms with van der Waals surface area (Å²) in [4.78, 5) is 23.0. The van der Waals surface area contributed by atoms with Crippen LogP contribution in [0, 0.1) is 13.8 Å². The van der Waals surface area contributed by atoms with E-state index in [2.05, 4.69) is 43.0 Å². The van der Waals surface area contributed by atoms with E-state index in [1.165, 1.54) is 20.7 Å². The van der Waals surface area contributed by atoms with Crippen LogP contribution in [0.15, 0.2) is 41.3 Å². The summed E-state index contributed by atoms with van der Waals surface area (Å²) in [7, 11) is 1.67. The third-order valence-electron chi connectivity index (χ3n) is 5.57. The van der Waals surface area contributed by atoms with Gasteiger partial charge in [0.05, 0.1) is 17.3 Å². The second-order valence-electron chi connectivity index (χ2n) is 7.92. The molecule has 0 radical (unpaired) electrons. The van der Waals surface area contributed by atoms with E-state index < -0.39 is 0 Å². The Balaban J connectivity index is 1.23. The van der Waals surface area contributed by atoms with Crippen molar-refractivity contribution < 1.29 is 9.53 Å². The van der Waals surface area contributed by atoms with E-state index in [1.54, 1.807) is 30.2 Å². The molecule has 2 aromatic carbocycles. The number of nitrogens with zero attached hydrogens (tertiary/aromatic N) is 3. The van der Waals surface area contributed by atoms with Gasteiger partial charge in [0, 0.05) is 37.5 Å². The van der Waals surface area contributed by atoms with Crippen molar-refractivity contribution in [2.24, 2.45) is 0 Å². The molecule has 1 aromatic heterocycles. The Morgan fingerprint density at radius 2 is 1.87 bits per heavy atom. The van der Waals surface area contributed by atoms with E-state index in [9.17, 15) is 4.79 Å². The maximum atomic E-state index is 12.6. The van der Waals surface area contributed by atoms with E-state index in [-0.39, 0.29) is 5.91 Å². The predicted molar refractivity (Wildman–Crippen MR) is 131 cm³/mol. The van der Waals surface area contributed by atoms with Crippen molar-refractivity contribution in [3.05, 3.63) is 47.5 Å². The van der Waals surface area contributed by atoms with E-state index >= 15 is 0 Å². The largest absolute Gasteiger partial charge is 0.497 e. The van der Waals surface area contributed by atoms with E-state index in [4.69, 9.17) is 9.72 Å². The number of methoxy groups -OCH3 is 1.